The topological polar surface area (TPSA) is 40.5 Å². The van der Waals surface area contributed by atoms with Gasteiger partial charge >= 0.3 is 0 Å². The minimum atomic E-state index is -0.288. The van der Waals surface area contributed by atoms with E-state index in [0.717, 1.165) is 25.7 Å². The standard InChI is InChI=1S/C13H24O2/c1-5-6-10(2)13(9-12(4)15)8-7-11(3)14/h1,10-15H,6-9H2,2-4H3. The largest absolute Gasteiger partial charge is 0.393 e. The summed E-state index contributed by atoms with van der Waals surface area (Å²) in [4.78, 5) is 0. The summed E-state index contributed by atoms with van der Waals surface area (Å²) in [5, 5.41) is 18.6. The Balaban J connectivity index is 4.12. The Morgan fingerprint density at radius 3 is 2.07 bits per heavy atom. The van der Waals surface area contributed by atoms with E-state index in [2.05, 4.69) is 12.8 Å². The van der Waals surface area contributed by atoms with E-state index in [4.69, 9.17) is 6.42 Å². The van der Waals surface area contributed by atoms with Gasteiger partial charge in [0.1, 0.15) is 0 Å². The van der Waals surface area contributed by atoms with E-state index >= 15 is 0 Å². The highest BCUT2D eigenvalue weighted by Gasteiger charge is 2.18. The summed E-state index contributed by atoms with van der Waals surface area (Å²) in [7, 11) is 0. The van der Waals surface area contributed by atoms with Crippen molar-refractivity contribution in [3.8, 4) is 12.3 Å². The van der Waals surface area contributed by atoms with Crippen molar-refractivity contribution in [1.82, 2.24) is 0 Å². The Morgan fingerprint density at radius 2 is 1.67 bits per heavy atom. The highest BCUT2D eigenvalue weighted by molar-refractivity contribution is 4.88. The van der Waals surface area contributed by atoms with Crippen molar-refractivity contribution in [2.45, 2.75) is 58.7 Å². The van der Waals surface area contributed by atoms with E-state index in [1.807, 2.05) is 0 Å². The quantitative estimate of drug-likeness (QED) is 0.635. The third-order valence-electron chi connectivity index (χ3n) is 2.84. The zero-order valence-electron chi connectivity index (χ0n) is 10.1. The Labute approximate surface area is 93.7 Å². The van der Waals surface area contributed by atoms with E-state index < -0.39 is 0 Å². The molecule has 0 fully saturated rings. The molecule has 0 saturated heterocycles. The minimum absolute atomic E-state index is 0.264. The zero-order valence-corrected chi connectivity index (χ0v) is 10.1. The van der Waals surface area contributed by atoms with Crippen LogP contribution in [0.2, 0.25) is 0 Å². The maximum Gasteiger partial charge on any atom is 0.0514 e. The molecule has 0 amide bonds. The van der Waals surface area contributed by atoms with Crippen molar-refractivity contribution in [3.63, 3.8) is 0 Å². The summed E-state index contributed by atoms with van der Waals surface area (Å²) >= 11 is 0. The van der Waals surface area contributed by atoms with Gasteiger partial charge in [-0.15, -0.1) is 12.3 Å². The highest BCUT2D eigenvalue weighted by Crippen LogP contribution is 2.25. The van der Waals surface area contributed by atoms with Gasteiger partial charge in [-0.3, -0.25) is 0 Å². The first-order valence-corrected chi connectivity index (χ1v) is 5.77. The summed E-state index contributed by atoms with van der Waals surface area (Å²) in [6.45, 7) is 5.72. The first kappa shape index (κ1) is 14.5. The Hall–Kier alpha value is -0.520. The molecule has 0 radical (unpaired) electrons. The molecule has 2 heteroatoms. The summed E-state index contributed by atoms with van der Waals surface area (Å²) in [6, 6.07) is 0. The third kappa shape index (κ3) is 7.41. The molecule has 0 aromatic heterocycles. The highest BCUT2D eigenvalue weighted by atomic mass is 16.3. The molecule has 0 rings (SSSR count). The molecule has 0 aliphatic carbocycles. The monoisotopic (exact) mass is 212 g/mol. The van der Waals surface area contributed by atoms with Crippen LogP contribution in [0, 0.1) is 24.2 Å². The van der Waals surface area contributed by atoms with Gasteiger partial charge in [0, 0.05) is 6.42 Å². The second-order valence-corrected chi connectivity index (χ2v) is 4.66. The number of aliphatic hydroxyl groups is 2. The molecule has 0 aromatic carbocycles. The zero-order chi connectivity index (χ0) is 11.8. The van der Waals surface area contributed by atoms with Crippen LogP contribution in [0.5, 0.6) is 0 Å². The van der Waals surface area contributed by atoms with Crippen molar-refractivity contribution < 1.29 is 10.2 Å². The maximum absolute atomic E-state index is 9.39. The van der Waals surface area contributed by atoms with Crippen LogP contribution in [0.25, 0.3) is 0 Å². The second kappa shape index (κ2) is 7.73. The van der Waals surface area contributed by atoms with Crippen LogP contribution in [-0.4, -0.2) is 22.4 Å². The van der Waals surface area contributed by atoms with E-state index in [1.165, 1.54) is 0 Å². The molecular weight excluding hydrogens is 188 g/mol. The van der Waals surface area contributed by atoms with Gasteiger partial charge in [0.05, 0.1) is 12.2 Å². The van der Waals surface area contributed by atoms with Crippen LogP contribution in [0.3, 0.4) is 0 Å². The lowest BCUT2D eigenvalue weighted by atomic mass is 9.83. The van der Waals surface area contributed by atoms with Gasteiger partial charge in [0.2, 0.25) is 0 Å². The number of rotatable bonds is 7. The minimum Gasteiger partial charge on any atom is -0.393 e. The average molecular weight is 212 g/mol. The molecule has 2 N–H and O–H groups in total. The van der Waals surface area contributed by atoms with Crippen LogP contribution in [0.4, 0.5) is 0 Å². The van der Waals surface area contributed by atoms with Crippen molar-refractivity contribution in [2.24, 2.45) is 11.8 Å². The molecule has 0 spiro atoms. The molecule has 0 bridgehead atoms. The normalized spacial score (nSPS) is 18.9. The van der Waals surface area contributed by atoms with Crippen molar-refractivity contribution in [3.05, 3.63) is 0 Å². The number of terminal acetylenes is 1. The molecule has 0 aromatic rings. The second-order valence-electron chi connectivity index (χ2n) is 4.66. The Kier molecular flexibility index (Phi) is 7.46. The van der Waals surface area contributed by atoms with Crippen LogP contribution in [0.1, 0.15) is 46.5 Å². The lowest BCUT2D eigenvalue weighted by molar-refractivity contribution is 0.121. The van der Waals surface area contributed by atoms with Crippen molar-refractivity contribution in [1.29, 1.82) is 0 Å². The third-order valence-corrected chi connectivity index (χ3v) is 2.84. The Bertz CT molecular complexity index is 191. The fraction of sp³-hybridized carbons (Fsp3) is 0.846. The summed E-state index contributed by atoms with van der Waals surface area (Å²) in [5.41, 5.74) is 0. The lowest BCUT2D eigenvalue weighted by Gasteiger charge is -2.24. The van der Waals surface area contributed by atoms with Crippen LogP contribution in [0.15, 0.2) is 0 Å². The smallest absolute Gasteiger partial charge is 0.0514 e. The van der Waals surface area contributed by atoms with Gasteiger partial charge in [-0.05, 0) is 44.9 Å². The van der Waals surface area contributed by atoms with Gasteiger partial charge in [-0.1, -0.05) is 6.92 Å². The molecule has 88 valence electrons. The predicted octanol–water partition coefficient (Wildman–Crippen LogP) is 2.19. The predicted molar refractivity (Wildman–Crippen MR) is 63.3 cm³/mol. The fourth-order valence-corrected chi connectivity index (χ4v) is 1.88. The SMILES string of the molecule is C#CCC(C)C(CCC(C)O)CC(C)O. The van der Waals surface area contributed by atoms with Crippen LogP contribution < -0.4 is 0 Å². The molecule has 2 nitrogen and oxygen atoms in total. The van der Waals surface area contributed by atoms with E-state index in [-0.39, 0.29) is 12.2 Å². The van der Waals surface area contributed by atoms with Gasteiger partial charge in [0.25, 0.3) is 0 Å². The molecule has 0 aliphatic heterocycles. The molecule has 4 unspecified atom stereocenters. The van der Waals surface area contributed by atoms with Crippen molar-refractivity contribution in [2.75, 3.05) is 0 Å². The van der Waals surface area contributed by atoms with Gasteiger partial charge in [0.15, 0.2) is 0 Å². The first-order chi connectivity index (χ1) is 6.97. The summed E-state index contributed by atoms with van der Waals surface area (Å²) in [5.74, 6) is 3.50. The molecular formula is C13H24O2. The number of hydrogen-bond donors (Lipinski definition) is 2. The van der Waals surface area contributed by atoms with Gasteiger partial charge in [-0.25, -0.2) is 0 Å². The maximum atomic E-state index is 9.39. The molecule has 15 heavy (non-hydrogen) atoms. The molecule has 0 saturated carbocycles. The first-order valence-electron chi connectivity index (χ1n) is 5.77. The number of aliphatic hydroxyl groups excluding tert-OH is 2. The van der Waals surface area contributed by atoms with Gasteiger partial charge in [-0.2, -0.15) is 0 Å². The average Bonchev–Trinajstić information content (AvgIpc) is 2.11. The Morgan fingerprint density at radius 1 is 1.07 bits per heavy atom. The molecule has 0 aliphatic rings. The van der Waals surface area contributed by atoms with Crippen LogP contribution >= 0.6 is 0 Å². The summed E-state index contributed by atoms with van der Waals surface area (Å²) < 4.78 is 0. The number of hydrogen-bond acceptors (Lipinski definition) is 2. The summed E-state index contributed by atoms with van der Waals surface area (Å²) in [6.07, 6.45) is 7.98. The van der Waals surface area contributed by atoms with E-state index in [9.17, 15) is 10.2 Å². The molecule has 0 heterocycles. The fourth-order valence-electron chi connectivity index (χ4n) is 1.88. The van der Waals surface area contributed by atoms with Crippen molar-refractivity contribution >= 4 is 0 Å². The molecule has 4 atom stereocenters. The van der Waals surface area contributed by atoms with Gasteiger partial charge < -0.3 is 10.2 Å². The lowest BCUT2D eigenvalue weighted by Crippen LogP contribution is -2.19. The van der Waals surface area contributed by atoms with E-state index in [1.54, 1.807) is 13.8 Å². The van der Waals surface area contributed by atoms with E-state index in [0.29, 0.717) is 11.8 Å². The van der Waals surface area contributed by atoms with Crippen LogP contribution in [-0.2, 0) is 0 Å².